The maximum absolute atomic E-state index is 11.7. The molecular formula is C16H15BrO2. The lowest BCUT2D eigenvalue weighted by molar-refractivity contribution is 0.0599. The molecule has 0 spiro atoms. The quantitative estimate of drug-likeness (QED) is 0.796. The van der Waals surface area contributed by atoms with Gasteiger partial charge in [0.25, 0.3) is 0 Å². The first-order chi connectivity index (χ1) is 9.20. The molecule has 19 heavy (non-hydrogen) atoms. The third kappa shape index (κ3) is 3.67. The Hall–Kier alpha value is -1.61. The summed E-state index contributed by atoms with van der Waals surface area (Å²) in [6.07, 6.45) is 1.73. The number of ether oxygens (including phenoxy) is 1. The molecule has 0 N–H and O–H groups in total. The minimum absolute atomic E-state index is 0.272. The molecule has 2 rings (SSSR count). The number of halogens is 1. The number of methoxy groups -OCH3 is 1. The Bertz CT molecular complexity index is 561. The molecule has 2 nitrogen and oxygen atoms in total. The average Bonchev–Trinajstić information content (AvgIpc) is 2.46. The summed E-state index contributed by atoms with van der Waals surface area (Å²) >= 11 is 3.42. The number of carbonyl (C=O) groups is 1. The summed E-state index contributed by atoms with van der Waals surface area (Å²) in [7, 11) is 1.41. The minimum Gasteiger partial charge on any atom is -0.465 e. The van der Waals surface area contributed by atoms with E-state index in [1.165, 1.54) is 12.7 Å². The normalized spacial score (nSPS) is 10.2. The highest BCUT2D eigenvalue weighted by Crippen LogP contribution is 2.15. The molecule has 2 aromatic carbocycles. The van der Waals surface area contributed by atoms with Crippen LogP contribution in [0.15, 0.2) is 53.0 Å². The van der Waals surface area contributed by atoms with E-state index in [2.05, 4.69) is 28.1 Å². The Morgan fingerprint density at radius 3 is 2.42 bits per heavy atom. The predicted octanol–water partition coefficient (Wildman–Crippen LogP) is 4.02. The van der Waals surface area contributed by atoms with E-state index in [9.17, 15) is 4.79 Å². The number of hydrogen-bond donors (Lipinski definition) is 0. The Balaban J connectivity index is 2.11. The molecular weight excluding hydrogens is 304 g/mol. The molecule has 0 saturated carbocycles. The molecule has 0 aromatic heterocycles. The monoisotopic (exact) mass is 318 g/mol. The number of hydrogen-bond acceptors (Lipinski definition) is 2. The summed E-state index contributed by atoms with van der Waals surface area (Å²) in [6, 6.07) is 15.8. The Labute approximate surface area is 121 Å². The molecule has 3 heteroatoms. The van der Waals surface area contributed by atoms with Gasteiger partial charge in [0.2, 0.25) is 0 Å². The highest BCUT2D eigenvalue weighted by Gasteiger charge is 2.10. The van der Waals surface area contributed by atoms with Crippen LogP contribution in [0.5, 0.6) is 0 Å². The molecule has 0 amide bonds. The molecule has 2 aromatic rings. The van der Waals surface area contributed by atoms with Crippen LogP contribution in [0.25, 0.3) is 0 Å². The smallest absolute Gasteiger partial charge is 0.338 e. The molecule has 0 saturated heterocycles. The van der Waals surface area contributed by atoms with Crippen LogP contribution in [0, 0.1) is 0 Å². The Morgan fingerprint density at radius 2 is 1.74 bits per heavy atom. The van der Waals surface area contributed by atoms with Crippen molar-refractivity contribution in [2.24, 2.45) is 0 Å². The molecule has 0 unspecified atom stereocenters. The van der Waals surface area contributed by atoms with Crippen molar-refractivity contribution in [2.75, 3.05) is 7.11 Å². The van der Waals surface area contributed by atoms with Gasteiger partial charge in [-0.1, -0.05) is 46.3 Å². The third-order valence-electron chi connectivity index (χ3n) is 3.02. The van der Waals surface area contributed by atoms with Crippen molar-refractivity contribution < 1.29 is 9.53 Å². The number of carbonyl (C=O) groups excluding carboxylic acids is 1. The van der Waals surface area contributed by atoms with E-state index in [4.69, 9.17) is 4.74 Å². The standard InChI is InChI=1S/C16H15BrO2/c1-19-16(18)15-5-3-2-4-13(15)9-6-12-7-10-14(17)11-8-12/h2-5,7-8,10-11H,6,9H2,1H3. The van der Waals surface area contributed by atoms with E-state index in [-0.39, 0.29) is 5.97 Å². The highest BCUT2D eigenvalue weighted by atomic mass is 79.9. The summed E-state index contributed by atoms with van der Waals surface area (Å²) in [4.78, 5) is 11.7. The van der Waals surface area contributed by atoms with Crippen molar-refractivity contribution in [1.82, 2.24) is 0 Å². The zero-order valence-electron chi connectivity index (χ0n) is 10.7. The second-order valence-electron chi connectivity index (χ2n) is 4.28. The van der Waals surface area contributed by atoms with Crippen molar-refractivity contribution in [1.29, 1.82) is 0 Å². The lowest BCUT2D eigenvalue weighted by atomic mass is 10.00. The molecule has 0 aliphatic heterocycles. The van der Waals surface area contributed by atoms with Crippen LogP contribution in [0.2, 0.25) is 0 Å². The summed E-state index contributed by atoms with van der Waals surface area (Å²) in [5.41, 5.74) is 2.93. The Morgan fingerprint density at radius 1 is 1.05 bits per heavy atom. The van der Waals surface area contributed by atoms with Crippen LogP contribution in [-0.4, -0.2) is 13.1 Å². The molecule has 0 atom stereocenters. The van der Waals surface area contributed by atoms with Gasteiger partial charge in [-0.15, -0.1) is 0 Å². The van der Waals surface area contributed by atoms with Gasteiger partial charge in [0.05, 0.1) is 12.7 Å². The molecule has 0 heterocycles. The first kappa shape index (κ1) is 13.8. The van der Waals surface area contributed by atoms with Crippen LogP contribution >= 0.6 is 15.9 Å². The summed E-state index contributed by atoms with van der Waals surface area (Å²) in [5.74, 6) is -0.272. The van der Waals surface area contributed by atoms with Gasteiger partial charge in [0.1, 0.15) is 0 Å². The van der Waals surface area contributed by atoms with E-state index in [0.717, 1.165) is 22.9 Å². The second kappa shape index (κ2) is 6.53. The Kier molecular flexibility index (Phi) is 4.74. The minimum atomic E-state index is -0.272. The van der Waals surface area contributed by atoms with Gasteiger partial charge in [-0.3, -0.25) is 0 Å². The van der Waals surface area contributed by atoms with Gasteiger partial charge < -0.3 is 4.74 Å². The third-order valence-corrected chi connectivity index (χ3v) is 3.55. The topological polar surface area (TPSA) is 26.3 Å². The predicted molar refractivity (Wildman–Crippen MR) is 79.3 cm³/mol. The fraction of sp³-hybridized carbons (Fsp3) is 0.188. The van der Waals surface area contributed by atoms with Crippen molar-refractivity contribution in [3.05, 3.63) is 69.7 Å². The van der Waals surface area contributed by atoms with Crippen LogP contribution in [0.4, 0.5) is 0 Å². The van der Waals surface area contributed by atoms with Gasteiger partial charge in [0, 0.05) is 4.47 Å². The van der Waals surface area contributed by atoms with Crippen molar-refractivity contribution in [3.63, 3.8) is 0 Å². The number of benzene rings is 2. The van der Waals surface area contributed by atoms with Crippen molar-refractivity contribution in [2.45, 2.75) is 12.8 Å². The maximum Gasteiger partial charge on any atom is 0.338 e. The van der Waals surface area contributed by atoms with Crippen molar-refractivity contribution >= 4 is 21.9 Å². The summed E-state index contributed by atoms with van der Waals surface area (Å²) in [6.45, 7) is 0. The van der Waals surface area contributed by atoms with Gasteiger partial charge >= 0.3 is 5.97 Å². The number of esters is 1. The SMILES string of the molecule is COC(=O)c1ccccc1CCc1ccc(Br)cc1. The van der Waals surface area contributed by atoms with E-state index in [1.54, 1.807) is 0 Å². The molecule has 98 valence electrons. The van der Waals surface area contributed by atoms with Crippen LogP contribution < -0.4 is 0 Å². The average molecular weight is 319 g/mol. The lowest BCUT2D eigenvalue weighted by Gasteiger charge is -2.07. The van der Waals surface area contributed by atoms with Crippen LogP contribution in [0.1, 0.15) is 21.5 Å². The second-order valence-corrected chi connectivity index (χ2v) is 5.19. The van der Waals surface area contributed by atoms with Crippen molar-refractivity contribution in [3.8, 4) is 0 Å². The first-order valence-electron chi connectivity index (χ1n) is 6.11. The zero-order valence-corrected chi connectivity index (χ0v) is 12.3. The van der Waals surface area contributed by atoms with Gasteiger partial charge in [-0.25, -0.2) is 4.79 Å². The summed E-state index contributed by atoms with van der Waals surface area (Å²) < 4.78 is 5.87. The molecule has 0 bridgehead atoms. The van der Waals surface area contributed by atoms with E-state index >= 15 is 0 Å². The van der Waals surface area contributed by atoms with E-state index < -0.39 is 0 Å². The molecule has 0 aliphatic rings. The van der Waals surface area contributed by atoms with E-state index in [1.807, 2.05) is 36.4 Å². The number of rotatable bonds is 4. The summed E-state index contributed by atoms with van der Waals surface area (Å²) in [5, 5.41) is 0. The van der Waals surface area contributed by atoms with Gasteiger partial charge in [-0.05, 0) is 42.2 Å². The lowest BCUT2D eigenvalue weighted by Crippen LogP contribution is -2.06. The van der Waals surface area contributed by atoms with Crippen LogP contribution in [0.3, 0.4) is 0 Å². The number of aryl methyl sites for hydroxylation is 2. The highest BCUT2D eigenvalue weighted by molar-refractivity contribution is 9.10. The molecule has 0 radical (unpaired) electrons. The largest absolute Gasteiger partial charge is 0.465 e. The van der Waals surface area contributed by atoms with Crippen LogP contribution in [-0.2, 0) is 17.6 Å². The molecule has 0 aliphatic carbocycles. The fourth-order valence-corrected chi connectivity index (χ4v) is 2.24. The zero-order chi connectivity index (χ0) is 13.7. The maximum atomic E-state index is 11.7. The van der Waals surface area contributed by atoms with Gasteiger partial charge in [-0.2, -0.15) is 0 Å². The first-order valence-corrected chi connectivity index (χ1v) is 6.90. The van der Waals surface area contributed by atoms with E-state index in [0.29, 0.717) is 5.56 Å². The molecule has 0 fully saturated rings. The van der Waals surface area contributed by atoms with Gasteiger partial charge in [0.15, 0.2) is 0 Å². The fourth-order valence-electron chi connectivity index (χ4n) is 1.98.